The number of hydrogen-bond acceptors (Lipinski definition) is 3. The maximum Gasteiger partial charge on any atom is 0.187 e. The summed E-state index contributed by atoms with van der Waals surface area (Å²) in [5, 5.41) is 0. The Hall–Kier alpha value is -0.900. The molecule has 0 amide bonds. The molecule has 0 unspecified atom stereocenters. The fourth-order valence-electron chi connectivity index (χ4n) is 1.54. The number of aryl methyl sites for hydroxylation is 1. The molecule has 0 atom stereocenters. The molecule has 5 heteroatoms. The molecule has 0 aliphatic heterocycles. The summed E-state index contributed by atoms with van der Waals surface area (Å²) in [6.07, 6.45) is 1.97. The van der Waals surface area contributed by atoms with Gasteiger partial charge in [-0.05, 0) is 20.3 Å². The fraction of sp³-hybridized carbons (Fsp3) is 0.636. The fourth-order valence-corrected chi connectivity index (χ4v) is 1.72. The second kappa shape index (κ2) is 5.99. The van der Waals surface area contributed by atoms with E-state index in [0.29, 0.717) is 30.4 Å². The van der Waals surface area contributed by atoms with Gasteiger partial charge in [-0.3, -0.25) is 0 Å². The Bertz CT molecular complexity index is 344. The maximum atomic E-state index is 14.0. The third kappa shape index (κ3) is 2.82. The van der Waals surface area contributed by atoms with Crippen molar-refractivity contribution in [3.05, 3.63) is 17.8 Å². The molecule has 0 aliphatic carbocycles. The zero-order chi connectivity index (χ0) is 12.1. The Morgan fingerprint density at radius 3 is 2.62 bits per heavy atom. The van der Waals surface area contributed by atoms with Crippen LogP contribution in [-0.4, -0.2) is 28.4 Å². The second-order valence-electron chi connectivity index (χ2n) is 3.79. The van der Waals surface area contributed by atoms with Gasteiger partial charge in [0.25, 0.3) is 0 Å². The molecule has 1 rings (SSSR count). The van der Waals surface area contributed by atoms with E-state index in [9.17, 15) is 4.39 Å². The molecule has 0 aliphatic rings. The highest BCUT2D eigenvalue weighted by Gasteiger charge is 2.18. The summed E-state index contributed by atoms with van der Waals surface area (Å²) < 4.78 is 14.0. The lowest BCUT2D eigenvalue weighted by Crippen LogP contribution is -2.34. The van der Waals surface area contributed by atoms with E-state index in [-0.39, 0.29) is 11.9 Å². The van der Waals surface area contributed by atoms with Crippen molar-refractivity contribution in [3.8, 4) is 0 Å². The van der Waals surface area contributed by atoms with Crippen molar-refractivity contribution in [1.82, 2.24) is 9.97 Å². The third-order valence-electron chi connectivity index (χ3n) is 2.40. The zero-order valence-electron chi connectivity index (χ0n) is 9.87. The van der Waals surface area contributed by atoms with Crippen LogP contribution in [0.1, 0.15) is 26.5 Å². The van der Waals surface area contributed by atoms with Crippen LogP contribution in [0.2, 0.25) is 0 Å². The molecule has 0 aromatic carbocycles. The van der Waals surface area contributed by atoms with E-state index >= 15 is 0 Å². The smallest absolute Gasteiger partial charge is 0.187 e. The predicted octanol–water partition coefficient (Wildman–Crippen LogP) is 2.63. The van der Waals surface area contributed by atoms with Crippen LogP contribution in [0, 0.1) is 5.82 Å². The number of anilines is 1. The second-order valence-corrected chi connectivity index (χ2v) is 4.17. The summed E-state index contributed by atoms with van der Waals surface area (Å²) in [7, 11) is 0. The largest absolute Gasteiger partial charge is 0.350 e. The topological polar surface area (TPSA) is 29.0 Å². The van der Waals surface area contributed by atoms with Crippen molar-refractivity contribution in [2.24, 2.45) is 0 Å². The van der Waals surface area contributed by atoms with Crippen LogP contribution < -0.4 is 4.90 Å². The number of alkyl halides is 1. The highest BCUT2D eigenvalue weighted by atomic mass is 35.5. The average molecular weight is 246 g/mol. The molecular formula is C11H17ClFN3. The van der Waals surface area contributed by atoms with Gasteiger partial charge in [-0.25, -0.2) is 14.4 Å². The molecule has 1 heterocycles. The summed E-state index contributed by atoms with van der Waals surface area (Å²) in [5.41, 5.74) is 0.449. The van der Waals surface area contributed by atoms with Gasteiger partial charge in [-0.1, -0.05) is 6.92 Å². The first kappa shape index (κ1) is 13.2. The molecule has 0 radical (unpaired) electrons. The van der Waals surface area contributed by atoms with Gasteiger partial charge in [-0.15, -0.1) is 11.6 Å². The van der Waals surface area contributed by atoms with Gasteiger partial charge in [-0.2, -0.15) is 0 Å². The standard InChI is InChI=1S/C11H17ClFN3/c1-4-9-10(13)11(15-7-14-9)16(6-5-12)8(2)3/h7-8H,4-6H2,1-3H3. The van der Waals surface area contributed by atoms with Crippen molar-refractivity contribution in [3.63, 3.8) is 0 Å². The van der Waals surface area contributed by atoms with Crippen molar-refractivity contribution in [2.45, 2.75) is 33.2 Å². The van der Waals surface area contributed by atoms with E-state index < -0.39 is 0 Å². The highest BCUT2D eigenvalue weighted by Crippen LogP contribution is 2.20. The molecule has 0 spiro atoms. The zero-order valence-corrected chi connectivity index (χ0v) is 10.6. The van der Waals surface area contributed by atoms with E-state index in [1.165, 1.54) is 6.33 Å². The molecule has 0 fully saturated rings. The normalized spacial score (nSPS) is 10.9. The van der Waals surface area contributed by atoms with E-state index in [2.05, 4.69) is 9.97 Å². The van der Waals surface area contributed by atoms with Crippen molar-refractivity contribution in [2.75, 3.05) is 17.3 Å². The number of rotatable bonds is 5. The van der Waals surface area contributed by atoms with E-state index in [4.69, 9.17) is 11.6 Å². The van der Waals surface area contributed by atoms with Crippen LogP contribution in [0.15, 0.2) is 6.33 Å². The first-order valence-electron chi connectivity index (χ1n) is 5.43. The van der Waals surface area contributed by atoms with Crippen LogP contribution in [0.25, 0.3) is 0 Å². The van der Waals surface area contributed by atoms with Crippen molar-refractivity contribution >= 4 is 17.4 Å². The summed E-state index contributed by atoms with van der Waals surface area (Å²) in [6.45, 7) is 6.42. The summed E-state index contributed by atoms with van der Waals surface area (Å²) >= 11 is 5.71. The number of hydrogen-bond donors (Lipinski definition) is 0. The summed E-state index contributed by atoms with van der Waals surface area (Å²) in [4.78, 5) is 9.77. The van der Waals surface area contributed by atoms with Gasteiger partial charge in [0.05, 0.1) is 5.69 Å². The van der Waals surface area contributed by atoms with Gasteiger partial charge in [0.2, 0.25) is 0 Å². The Labute approximate surface area is 101 Å². The minimum Gasteiger partial charge on any atom is -0.350 e. The molecule has 1 aromatic heterocycles. The predicted molar refractivity (Wildman–Crippen MR) is 64.6 cm³/mol. The molecule has 16 heavy (non-hydrogen) atoms. The Balaban J connectivity index is 3.08. The van der Waals surface area contributed by atoms with E-state index in [1.807, 2.05) is 25.7 Å². The minimum atomic E-state index is -0.330. The maximum absolute atomic E-state index is 14.0. The van der Waals surface area contributed by atoms with Crippen LogP contribution >= 0.6 is 11.6 Å². The lowest BCUT2D eigenvalue weighted by Gasteiger charge is -2.27. The lowest BCUT2D eigenvalue weighted by atomic mass is 10.2. The molecule has 0 saturated heterocycles. The monoisotopic (exact) mass is 245 g/mol. The van der Waals surface area contributed by atoms with Crippen LogP contribution in [0.3, 0.4) is 0 Å². The van der Waals surface area contributed by atoms with Gasteiger partial charge >= 0.3 is 0 Å². The number of aromatic nitrogens is 2. The molecule has 90 valence electrons. The molecule has 1 aromatic rings. The van der Waals surface area contributed by atoms with E-state index in [1.54, 1.807) is 0 Å². The first-order valence-corrected chi connectivity index (χ1v) is 5.97. The Kier molecular flexibility index (Phi) is 4.93. The average Bonchev–Trinajstić information content (AvgIpc) is 2.26. The lowest BCUT2D eigenvalue weighted by molar-refractivity contribution is 0.572. The van der Waals surface area contributed by atoms with Crippen molar-refractivity contribution in [1.29, 1.82) is 0 Å². The van der Waals surface area contributed by atoms with Gasteiger partial charge < -0.3 is 4.90 Å². The van der Waals surface area contributed by atoms with Crippen LogP contribution in [0.5, 0.6) is 0 Å². The summed E-state index contributed by atoms with van der Waals surface area (Å²) in [6, 6.07) is 0.160. The highest BCUT2D eigenvalue weighted by molar-refractivity contribution is 6.18. The van der Waals surface area contributed by atoms with Gasteiger partial charge in [0, 0.05) is 18.5 Å². The molecular weight excluding hydrogens is 229 g/mol. The summed E-state index contributed by atoms with van der Waals surface area (Å²) in [5.74, 6) is 0.467. The van der Waals surface area contributed by atoms with Gasteiger partial charge in [0.1, 0.15) is 6.33 Å². The first-order chi connectivity index (χ1) is 7.61. The third-order valence-corrected chi connectivity index (χ3v) is 2.57. The number of nitrogens with zero attached hydrogens (tertiary/aromatic N) is 3. The van der Waals surface area contributed by atoms with Gasteiger partial charge in [0.15, 0.2) is 11.6 Å². The SMILES string of the molecule is CCc1ncnc(N(CCCl)C(C)C)c1F. The quantitative estimate of drug-likeness (QED) is 0.747. The van der Waals surface area contributed by atoms with Crippen molar-refractivity contribution < 1.29 is 4.39 Å². The Morgan fingerprint density at radius 1 is 1.44 bits per heavy atom. The molecule has 0 N–H and O–H groups in total. The van der Waals surface area contributed by atoms with Crippen LogP contribution in [-0.2, 0) is 6.42 Å². The van der Waals surface area contributed by atoms with Crippen LogP contribution in [0.4, 0.5) is 10.2 Å². The Morgan fingerprint density at radius 2 is 2.12 bits per heavy atom. The van der Waals surface area contributed by atoms with E-state index in [0.717, 1.165) is 0 Å². The minimum absolute atomic E-state index is 0.160. The molecule has 0 saturated carbocycles. The number of halogens is 2. The molecule has 3 nitrogen and oxygen atoms in total. The molecule has 0 bridgehead atoms.